The summed E-state index contributed by atoms with van der Waals surface area (Å²) < 4.78 is 0. The van der Waals surface area contributed by atoms with E-state index in [9.17, 15) is 0 Å². The van der Waals surface area contributed by atoms with Gasteiger partial charge in [-0.25, -0.2) is 0 Å². The highest BCUT2D eigenvalue weighted by molar-refractivity contribution is 5.97. The maximum Gasteiger partial charge on any atom is 0.0714 e. The monoisotopic (exact) mass is 998 g/mol. The molecule has 3 aliphatic carbocycles. The van der Waals surface area contributed by atoms with Crippen molar-refractivity contribution >= 4 is 34.1 Å². The molecule has 372 valence electrons. The quantitative estimate of drug-likeness (QED) is 0.127. The number of benzene rings is 11. The van der Waals surface area contributed by atoms with Gasteiger partial charge in [-0.1, -0.05) is 238 Å². The molecule has 3 aliphatic rings. The van der Waals surface area contributed by atoms with Gasteiger partial charge in [0.05, 0.1) is 5.41 Å². The number of nitrogens with zero attached hydrogens (tertiary/aromatic N) is 2. The lowest BCUT2D eigenvalue weighted by Crippen LogP contribution is -2.28. The first kappa shape index (κ1) is 47.0. The third-order valence-electron chi connectivity index (χ3n) is 16.9. The van der Waals surface area contributed by atoms with Crippen LogP contribution < -0.4 is 9.80 Å². The Hall–Kier alpha value is -9.50. The topological polar surface area (TPSA) is 6.48 Å². The molecule has 0 saturated carbocycles. The van der Waals surface area contributed by atoms with Gasteiger partial charge in [0, 0.05) is 45.5 Å². The Morgan fingerprint density at radius 2 is 0.795 bits per heavy atom. The molecule has 0 spiro atoms. The van der Waals surface area contributed by atoms with Crippen LogP contribution >= 0.6 is 0 Å². The van der Waals surface area contributed by atoms with E-state index in [0.29, 0.717) is 5.92 Å². The van der Waals surface area contributed by atoms with Crippen molar-refractivity contribution in [2.75, 3.05) is 9.80 Å². The van der Waals surface area contributed by atoms with Crippen LogP contribution in [0.15, 0.2) is 297 Å². The summed E-state index contributed by atoms with van der Waals surface area (Å²) in [6.07, 6.45) is 9.93. The lowest BCUT2D eigenvalue weighted by Gasteiger charge is -2.35. The molecule has 14 rings (SSSR count). The van der Waals surface area contributed by atoms with Crippen molar-refractivity contribution in [3.63, 3.8) is 0 Å². The standard InChI is InChI=1S/C76H58N2/c1-75(2)70-33-19-18-31-67(70)68-49-47-64(51-72(68)75)78(62-43-37-56(38-44-62)54-23-10-4-11-24-54)63-45-39-57(40-46-63)66-32-20-34-71-74(66)69-50-48-65(52-73(69)76(71,58-25-12-5-13-26-58)59-27-14-6-15-28-59)77(60-29-16-7-17-30-60)61-41-35-55(36-42-61)53-21-8-3-9-22-53/h3-23,25-52,54H,24H2,1-2H3. The van der Waals surface area contributed by atoms with Crippen molar-refractivity contribution < 1.29 is 0 Å². The molecular formula is C76H58N2. The summed E-state index contributed by atoms with van der Waals surface area (Å²) >= 11 is 0. The summed E-state index contributed by atoms with van der Waals surface area (Å²) in [6.45, 7) is 4.74. The second-order valence-corrected chi connectivity index (χ2v) is 21.6. The van der Waals surface area contributed by atoms with E-state index < -0.39 is 5.41 Å². The van der Waals surface area contributed by atoms with E-state index in [2.05, 4.69) is 321 Å². The molecule has 0 fully saturated rings. The molecule has 0 saturated heterocycles. The zero-order valence-electron chi connectivity index (χ0n) is 44.0. The molecule has 0 amide bonds. The molecule has 2 heteroatoms. The van der Waals surface area contributed by atoms with Crippen molar-refractivity contribution in [2.45, 2.75) is 37.0 Å². The molecule has 78 heavy (non-hydrogen) atoms. The Bertz CT molecular complexity index is 4000. The first-order valence-electron chi connectivity index (χ1n) is 27.4. The summed E-state index contributed by atoms with van der Waals surface area (Å²) in [5.74, 6) is 0.378. The van der Waals surface area contributed by atoms with Crippen LogP contribution in [0.5, 0.6) is 0 Å². The van der Waals surface area contributed by atoms with Crippen LogP contribution in [-0.4, -0.2) is 0 Å². The van der Waals surface area contributed by atoms with Gasteiger partial charge in [-0.2, -0.15) is 0 Å². The summed E-state index contributed by atoms with van der Waals surface area (Å²) in [4.78, 5) is 4.85. The lowest BCUT2D eigenvalue weighted by molar-refractivity contribution is 0.660. The zero-order chi connectivity index (χ0) is 52.2. The van der Waals surface area contributed by atoms with Gasteiger partial charge in [-0.15, -0.1) is 0 Å². The van der Waals surface area contributed by atoms with Crippen LogP contribution in [0, 0.1) is 0 Å². The molecule has 0 aromatic heterocycles. The first-order valence-corrected chi connectivity index (χ1v) is 27.4. The van der Waals surface area contributed by atoms with E-state index in [1.807, 2.05) is 0 Å². The fourth-order valence-corrected chi connectivity index (χ4v) is 13.1. The molecule has 0 heterocycles. The van der Waals surface area contributed by atoms with E-state index in [4.69, 9.17) is 0 Å². The minimum absolute atomic E-state index is 0.129. The fourth-order valence-electron chi connectivity index (χ4n) is 13.1. The molecule has 11 aromatic rings. The van der Waals surface area contributed by atoms with Gasteiger partial charge in [0.15, 0.2) is 0 Å². The Labute approximate surface area is 459 Å². The number of rotatable bonds is 11. The van der Waals surface area contributed by atoms with E-state index in [0.717, 1.165) is 40.5 Å². The maximum atomic E-state index is 2.47. The van der Waals surface area contributed by atoms with Gasteiger partial charge < -0.3 is 9.80 Å². The van der Waals surface area contributed by atoms with Crippen LogP contribution in [0.4, 0.5) is 34.1 Å². The molecule has 1 unspecified atom stereocenters. The third-order valence-corrected chi connectivity index (χ3v) is 16.9. The number of para-hydroxylation sites is 1. The SMILES string of the molecule is CC1(C)c2ccccc2-c2ccc(N(c3ccc(-c4cccc5c4-c4ccc(N(c6ccccc6)c6ccc(-c7ccccc7)cc6)cc4C5(c4ccccc4)c4ccccc4)cc3)c3ccc(C4C=CC=CC4)cc3)cc21. The van der Waals surface area contributed by atoms with Gasteiger partial charge >= 0.3 is 0 Å². The molecule has 1 atom stereocenters. The van der Waals surface area contributed by atoms with Crippen LogP contribution in [-0.2, 0) is 10.8 Å². The molecule has 0 radical (unpaired) electrons. The summed E-state index contributed by atoms with van der Waals surface area (Å²) in [5, 5.41) is 0. The summed E-state index contributed by atoms with van der Waals surface area (Å²) in [5.41, 5.74) is 24.9. The third kappa shape index (κ3) is 7.78. The summed E-state index contributed by atoms with van der Waals surface area (Å²) in [6, 6.07) is 102. The predicted octanol–water partition coefficient (Wildman–Crippen LogP) is 20.2. The number of hydrogen-bond donors (Lipinski definition) is 0. The van der Waals surface area contributed by atoms with Crippen LogP contribution in [0.25, 0.3) is 44.5 Å². The van der Waals surface area contributed by atoms with Crippen molar-refractivity contribution in [1.82, 2.24) is 0 Å². The smallest absolute Gasteiger partial charge is 0.0714 e. The minimum Gasteiger partial charge on any atom is -0.310 e. The average Bonchev–Trinajstić information content (AvgIpc) is 4.17. The van der Waals surface area contributed by atoms with Crippen molar-refractivity contribution in [2.24, 2.45) is 0 Å². The number of hydrogen-bond acceptors (Lipinski definition) is 2. The van der Waals surface area contributed by atoms with Gasteiger partial charge in [0.1, 0.15) is 0 Å². The Kier molecular flexibility index (Phi) is 11.6. The Morgan fingerprint density at radius 1 is 0.333 bits per heavy atom. The number of allylic oxidation sites excluding steroid dienone is 4. The normalized spacial score (nSPS) is 15.0. The van der Waals surface area contributed by atoms with Gasteiger partial charge in [-0.3, -0.25) is 0 Å². The largest absolute Gasteiger partial charge is 0.310 e. The molecule has 0 bridgehead atoms. The number of anilines is 6. The highest BCUT2D eigenvalue weighted by Gasteiger charge is 2.47. The minimum atomic E-state index is -0.619. The van der Waals surface area contributed by atoms with E-state index in [1.165, 1.54) is 83.5 Å². The van der Waals surface area contributed by atoms with E-state index in [-0.39, 0.29) is 5.41 Å². The zero-order valence-corrected chi connectivity index (χ0v) is 44.0. The predicted molar refractivity (Wildman–Crippen MR) is 327 cm³/mol. The Balaban J connectivity index is 0.920. The summed E-state index contributed by atoms with van der Waals surface area (Å²) in [7, 11) is 0. The van der Waals surface area contributed by atoms with Crippen LogP contribution in [0.2, 0.25) is 0 Å². The molecular weight excluding hydrogens is 941 g/mol. The van der Waals surface area contributed by atoms with Crippen molar-refractivity contribution in [1.29, 1.82) is 0 Å². The fraction of sp³-hybridized carbons (Fsp3) is 0.0789. The molecule has 11 aromatic carbocycles. The van der Waals surface area contributed by atoms with E-state index >= 15 is 0 Å². The van der Waals surface area contributed by atoms with Crippen LogP contribution in [0.1, 0.15) is 65.1 Å². The highest BCUT2D eigenvalue weighted by Crippen LogP contribution is 2.60. The highest BCUT2D eigenvalue weighted by atomic mass is 15.1. The van der Waals surface area contributed by atoms with Crippen molar-refractivity contribution in [3.05, 3.63) is 336 Å². The van der Waals surface area contributed by atoms with Gasteiger partial charge in [0.2, 0.25) is 0 Å². The second kappa shape index (κ2) is 19.3. The van der Waals surface area contributed by atoms with Gasteiger partial charge in [0.25, 0.3) is 0 Å². The molecule has 0 N–H and O–H groups in total. The number of fused-ring (bicyclic) bond motifs is 6. The Morgan fingerprint density at radius 3 is 1.41 bits per heavy atom. The van der Waals surface area contributed by atoms with E-state index in [1.54, 1.807) is 0 Å². The van der Waals surface area contributed by atoms with Crippen LogP contribution in [0.3, 0.4) is 0 Å². The lowest BCUT2D eigenvalue weighted by atomic mass is 9.67. The molecule has 2 nitrogen and oxygen atoms in total. The van der Waals surface area contributed by atoms with Crippen molar-refractivity contribution in [3.8, 4) is 44.5 Å². The maximum absolute atomic E-state index is 2.47. The molecule has 0 aliphatic heterocycles. The average molecular weight is 999 g/mol. The second-order valence-electron chi connectivity index (χ2n) is 21.6. The first-order chi connectivity index (χ1) is 38.4. The van der Waals surface area contributed by atoms with Gasteiger partial charge in [-0.05, 0) is 163 Å².